The van der Waals surface area contributed by atoms with Gasteiger partial charge >= 0.3 is 17.6 Å². The molecule has 2 N–H and O–H groups in total. The summed E-state index contributed by atoms with van der Waals surface area (Å²) >= 11 is 0. The number of allylic oxidation sites excluding steroid dienone is 2. The molecule has 1 aliphatic rings. The van der Waals surface area contributed by atoms with E-state index in [1.54, 1.807) is 18.4 Å². The summed E-state index contributed by atoms with van der Waals surface area (Å²) in [5.74, 6) is -1.39. The van der Waals surface area contributed by atoms with Gasteiger partial charge in [0, 0.05) is 6.20 Å². The molecule has 0 atom stereocenters. The maximum Gasteiger partial charge on any atom is 0.355 e. The van der Waals surface area contributed by atoms with E-state index in [0.29, 0.717) is 16.7 Å². The molecule has 1 aliphatic heterocycles. The molecule has 2 aromatic rings. The number of imidazole rings is 1. The van der Waals surface area contributed by atoms with E-state index < -0.39 is 11.9 Å². The van der Waals surface area contributed by atoms with Gasteiger partial charge in [0.05, 0.1) is 36.5 Å². The van der Waals surface area contributed by atoms with E-state index in [-0.39, 0.29) is 17.0 Å². The Labute approximate surface area is 154 Å². The number of aromatic amines is 2. The quantitative estimate of drug-likeness (QED) is 0.802. The van der Waals surface area contributed by atoms with Gasteiger partial charge in [0.2, 0.25) is 0 Å². The van der Waals surface area contributed by atoms with Crippen LogP contribution in [-0.4, -0.2) is 36.1 Å². The van der Waals surface area contributed by atoms with E-state index >= 15 is 0 Å². The van der Waals surface area contributed by atoms with E-state index in [1.807, 2.05) is 19.9 Å². The zero-order chi connectivity index (χ0) is 19.7. The number of aromatic nitrogens is 2. The van der Waals surface area contributed by atoms with Crippen molar-refractivity contribution in [3.8, 4) is 0 Å². The van der Waals surface area contributed by atoms with Gasteiger partial charge < -0.3 is 24.3 Å². The lowest BCUT2D eigenvalue weighted by Gasteiger charge is -2.26. The number of benzene rings is 1. The Hall–Kier alpha value is -3.55. The van der Waals surface area contributed by atoms with Gasteiger partial charge in [-0.3, -0.25) is 0 Å². The van der Waals surface area contributed by atoms with Crippen molar-refractivity contribution in [1.82, 2.24) is 9.97 Å². The number of fused-ring (bicyclic) bond motifs is 1. The predicted octanol–water partition coefficient (Wildman–Crippen LogP) is 1.96. The Morgan fingerprint density at radius 3 is 2.41 bits per heavy atom. The molecule has 0 saturated heterocycles. The second-order valence-corrected chi connectivity index (χ2v) is 5.98. The first kappa shape index (κ1) is 18.2. The summed E-state index contributed by atoms with van der Waals surface area (Å²) in [5, 5.41) is 0. The second kappa shape index (κ2) is 6.99. The molecule has 0 unspecified atom stereocenters. The van der Waals surface area contributed by atoms with E-state index in [0.717, 1.165) is 11.1 Å². The second-order valence-electron chi connectivity index (χ2n) is 5.98. The third kappa shape index (κ3) is 3.05. The summed E-state index contributed by atoms with van der Waals surface area (Å²) in [6.07, 6.45) is 6.41. The molecule has 27 heavy (non-hydrogen) atoms. The largest absolute Gasteiger partial charge is 0.465 e. The molecule has 140 valence electrons. The first-order valence-electron chi connectivity index (χ1n) is 8.16. The van der Waals surface area contributed by atoms with Crippen molar-refractivity contribution in [3.63, 3.8) is 0 Å². The molecule has 8 nitrogen and oxygen atoms in total. The van der Waals surface area contributed by atoms with E-state index in [1.165, 1.54) is 25.2 Å². The highest BCUT2D eigenvalue weighted by atomic mass is 16.5. The van der Waals surface area contributed by atoms with Gasteiger partial charge in [-0.15, -0.1) is 0 Å². The molecular formula is C19H19N3O5. The van der Waals surface area contributed by atoms with E-state index in [9.17, 15) is 14.4 Å². The number of ether oxygens (including phenoxy) is 2. The van der Waals surface area contributed by atoms with Gasteiger partial charge in [-0.1, -0.05) is 6.08 Å². The lowest BCUT2D eigenvalue weighted by molar-refractivity contribution is -0.139. The van der Waals surface area contributed by atoms with Crippen LogP contribution < -0.4 is 10.6 Å². The number of esters is 2. The molecule has 0 spiro atoms. The highest BCUT2D eigenvalue weighted by molar-refractivity contribution is 6.07. The normalized spacial score (nSPS) is 13.9. The summed E-state index contributed by atoms with van der Waals surface area (Å²) in [5.41, 5.74) is 3.06. The lowest BCUT2D eigenvalue weighted by atomic mass is 10.0. The van der Waals surface area contributed by atoms with Crippen molar-refractivity contribution in [2.75, 3.05) is 19.1 Å². The number of hydrogen-bond acceptors (Lipinski definition) is 6. The van der Waals surface area contributed by atoms with Gasteiger partial charge in [-0.2, -0.15) is 0 Å². The highest BCUT2D eigenvalue weighted by Crippen LogP contribution is 2.35. The number of carbonyl (C=O) groups is 2. The van der Waals surface area contributed by atoms with Crippen molar-refractivity contribution in [2.45, 2.75) is 13.8 Å². The Morgan fingerprint density at radius 1 is 1.04 bits per heavy atom. The number of nitrogens with one attached hydrogen (secondary N) is 2. The smallest absolute Gasteiger partial charge is 0.355 e. The molecule has 0 saturated carbocycles. The topological polar surface area (TPSA) is 104 Å². The van der Waals surface area contributed by atoms with Crippen molar-refractivity contribution in [1.29, 1.82) is 0 Å². The molecular weight excluding hydrogens is 350 g/mol. The average Bonchev–Trinajstić information content (AvgIpc) is 2.88. The molecule has 0 radical (unpaired) electrons. The van der Waals surface area contributed by atoms with Crippen LogP contribution in [0.1, 0.15) is 11.1 Å². The number of rotatable bonds is 3. The number of hydrogen-bond donors (Lipinski definition) is 2. The fourth-order valence-electron chi connectivity index (χ4n) is 3.03. The number of anilines is 1. The third-order valence-electron chi connectivity index (χ3n) is 4.43. The van der Waals surface area contributed by atoms with Gasteiger partial charge in [-0.05, 0) is 43.2 Å². The van der Waals surface area contributed by atoms with Crippen LogP contribution in [0.3, 0.4) is 0 Å². The first-order chi connectivity index (χ1) is 12.9. The highest BCUT2D eigenvalue weighted by Gasteiger charge is 2.30. The summed E-state index contributed by atoms with van der Waals surface area (Å²) < 4.78 is 9.74. The van der Waals surface area contributed by atoms with Crippen molar-refractivity contribution in [3.05, 3.63) is 63.4 Å². The molecule has 1 aromatic heterocycles. The zero-order valence-electron chi connectivity index (χ0n) is 15.4. The van der Waals surface area contributed by atoms with Crippen LogP contribution in [0.4, 0.5) is 5.69 Å². The summed E-state index contributed by atoms with van der Waals surface area (Å²) in [7, 11) is 2.47. The predicted molar refractivity (Wildman–Crippen MR) is 100 cm³/mol. The monoisotopic (exact) mass is 369 g/mol. The van der Waals surface area contributed by atoms with Gasteiger partial charge in [-0.25, -0.2) is 14.4 Å². The number of methoxy groups -OCH3 is 2. The number of nitrogens with zero attached hydrogens (tertiary/aromatic N) is 1. The van der Waals surface area contributed by atoms with E-state index in [4.69, 9.17) is 9.47 Å². The summed E-state index contributed by atoms with van der Waals surface area (Å²) in [6, 6.07) is 1.84. The molecule has 0 bridgehead atoms. The number of carbonyl (C=O) groups excluding carboxylic acids is 2. The first-order valence-corrected chi connectivity index (χ1v) is 8.16. The lowest BCUT2D eigenvalue weighted by Crippen LogP contribution is -2.27. The maximum absolute atomic E-state index is 12.6. The Kier molecular flexibility index (Phi) is 4.72. The van der Waals surface area contributed by atoms with Crippen LogP contribution in [0, 0.1) is 13.8 Å². The standard InChI is InChI=1S/C19H19N3O5/c1-10-9-13-14(21-19(25)20-13)15(11(10)2)22-8-6-5-7-12(17(23)26-3)16(22)18(24)27-4/h5-9H,1-4H3,(H2,20,21,25). The maximum atomic E-state index is 12.6. The van der Waals surface area contributed by atoms with Crippen LogP contribution in [0.2, 0.25) is 0 Å². The number of H-pyrrole nitrogens is 2. The number of aryl methyl sites for hydroxylation is 1. The minimum Gasteiger partial charge on any atom is -0.465 e. The Morgan fingerprint density at radius 2 is 1.74 bits per heavy atom. The minimum absolute atomic E-state index is 0.00796. The van der Waals surface area contributed by atoms with E-state index in [2.05, 4.69) is 9.97 Å². The van der Waals surface area contributed by atoms with Crippen LogP contribution in [0.5, 0.6) is 0 Å². The van der Waals surface area contributed by atoms with Crippen LogP contribution in [-0.2, 0) is 19.1 Å². The van der Waals surface area contributed by atoms with Crippen molar-refractivity contribution < 1.29 is 19.1 Å². The molecule has 0 aliphatic carbocycles. The third-order valence-corrected chi connectivity index (χ3v) is 4.43. The van der Waals surface area contributed by atoms with Gasteiger partial charge in [0.1, 0.15) is 5.70 Å². The molecule has 0 amide bonds. The van der Waals surface area contributed by atoms with Crippen molar-refractivity contribution in [2.24, 2.45) is 0 Å². The van der Waals surface area contributed by atoms with Crippen LogP contribution in [0.15, 0.2) is 46.6 Å². The molecule has 3 rings (SSSR count). The molecule has 2 heterocycles. The van der Waals surface area contributed by atoms with Gasteiger partial charge in [0.25, 0.3) is 0 Å². The summed E-state index contributed by atoms with van der Waals surface area (Å²) in [4.78, 5) is 43.8. The molecule has 0 fully saturated rings. The van der Waals surface area contributed by atoms with Crippen molar-refractivity contribution >= 4 is 28.7 Å². The Balaban J connectivity index is 2.39. The minimum atomic E-state index is -0.710. The van der Waals surface area contributed by atoms with Crippen LogP contribution >= 0.6 is 0 Å². The molecule has 1 aromatic carbocycles. The van der Waals surface area contributed by atoms with Gasteiger partial charge in [0.15, 0.2) is 0 Å². The van der Waals surface area contributed by atoms with Crippen LogP contribution in [0.25, 0.3) is 11.0 Å². The average molecular weight is 369 g/mol. The Bertz CT molecular complexity index is 1080. The fraction of sp³-hybridized carbons (Fsp3) is 0.211. The SMILES string of the molecule is COC(=O)C1=C(C(=O)OC)N(c2c(C)c(C)cc3[nH]c(=O)[nH]c23)C=CC=C1. The summed E-state index contributed by atoms with van der Waals surface area (Å²) in [6.45, 7) is 3.76. The fourth-order valence-corrected chi connectivity index (χ4v) is 3.03. The zero-order valence-corrected chi connectivity index (χ0v) is 15.4. The molecule has 8 heteroatoms.